The van der Waals surface area contributed by atoms with E-state index in [1.54, 1.807) is 18.9 Å². The fraction of sp³-hybridized carbons (Fsp3) is 0.533. The van der Waals surface area contributed by atoms with E-state index in [4.69, 9.17) is 22.3 Å². The number of rotatable bonds is 6. The highest BCUT2D eigenvalue weighted by Crippen LogP contribution is 2.09. The Bertz CT molecular complexity index is 865. The minimum absolute atomic E-state index is 0.0129. The van der Waals surface area contributed by atoms with Crippen molar-refractivity contribution in [3.05, 3.63) is 16.2 Å². The van der Waals surface area contributed by atoms with Gasteiger partial charge in [0.05, 0.1) is 0 Å². The van der Waals surface area contributed by atoms with Crippen LogP contribution in [0.15, 0.2) is 9.79 Å². The van der Waals surface area contributed by atoms with E-state index in [0.29, 0.717) is 42.3 Å². The van der Waals surface area contributed by atoms with E-state index in [9.17, 15) is 9.59 Å². The predicted octanol–water partition coefficient (Wildman–Crippen LogP) is -1.52. The van der Waals surface area contributed by atoms with Crippen LogP contribution in [0.3, 0.4) is 0 Å². The summed E-state index contributed by atoms with van der Waals surface area (Å²) in [5, 5.41) is 8.38. The molecule has 0 aromatic carbocycles. The second-order valence-electron chi connectivity index (χ2n) is 6.08. The van der Waals surface area contributed by atoms with E-state index >= 15 is 0 Å². The second-order valence-corrected chi connectivity index (χ2v) is 6.08. The Hall–Kier alpha value is -3.15. The summed E-state index contributed by atoms with van der Waals surface area (Å²) in [6, 6.07) is -0.820. The van der Waals surface area contributed by atoms with E-state index in [1.165, 1.54) is 4.57 Å². The summed E-state index contributed by atoms with van der Waals surface area (Å²) >= 11 is 0. The number of hydrogen-bond acceptors (Lipinski definition) is 7. The van der Waals surface area contributed by atoms with Crippen LogP contribution in [-0.2, 0) is 11.8 Å². The minimum Gasteiger partial charge on any atom is -0.480 e. The molecule has 2 aromatic heterocycles. The molecule has 0 fully saturated rings. The maximum absolute atomic E-state index is 11.9. The van der Waals surface area contributed by atoms with Crippen LogP contribution < -0.4 is 27.7 Å². The number of nitrogens with two attached hydrogens (primary N) is 3. The highest BCUT2D eigenvalue weighted by atomic mass is 16.4. The number of aliphatic carboxylic acids is 1. The van der Waals surface area contributed by atoms with Crippen molar-refractivity contribution in [3.63, 3.8) is 0 Å². The molecule has 0 bridgehead atoms. The second kappa shape index (κ2) is 9.52. The van der Waals surface area contributed by atoms with E-state index in [1.807, 2.05) is 14.1 Å². The number of guanidine groups is 1. The molecule has 2 heterocycles. The number of nitrogens with one attached hydrogen (secondary N) is 1. The molecule has 0 amide bonds. The fourth-order valence-corrected chi connectivity index (χ4v) is 2.18. The summed E-state index contributed by atoms with van der Waals surface area (Å²) in [5.74, 6) is 0.308. The number of carboxylic acid groups (broad SMARTS) is 1. The van der Waals surface area contributed by atoms with Crippen LogP contribution in [0.5, 0.6) is 0 Å². The average Bonchev–Trinajstić information content (AvgIpc) is 2.95. The molecule has 150 valence electrons. The monoisotopic (exact) mass is 381 g/mol. The number of carboxylic acids is 1. The third-order valence-electron chi connectivity index (χ3n) is 3.51. The van der Waals surface area contributed by atoms with Gasteiger partial charge in [0.1, 0.15) is 11.9 Å². The molecule has 27 heavy (non-hydrogen) atoms. The lowest BCUT2D eigenvalue weighted by Crippen LogP contribution is -2.30. The Balaban J connectivity index is 0.000000279. The zero-order chi connectivity index (χ0) is 20.7. The molecule has 0 saturated heterocycles. The lowest BCUT2D eigenvalue weighted by molar-refractivity contribution is -0.138. The summed E-state index contributed by atoms with van der Waals surface area (Å²) in [6.45, 7) is 2.22. The number of H-pyrrole nitrogens is 1. The van der Waals surface area contributed by atoms with Gasteiger partial charge in [0.15, 0.2) is 17.1 Å². The van der Waals surface area contributed by atoms with Crippen LogP contribution in [0, 0.1) is 6.92 Å². The first-order chi connectivity index (χ1) is 12.5. The van der Waals surface area contributed by atoms with Gasteiger partial charge >= 0.3 is 5.97 Å². The number of hydrogen-bond donors (Lipinski definition) is 5. The Morgan fingerprint density at radius 2 is 2.00 bits per heavy atom. The zero-order valence-electron chi connectivity index (χ0n) is 15.9. The van der Waals surface area contributed by atoms with Crippen LogP contribution in [0.4, 0.5) is 5.95 Å². The van der Waals surface area contributed by atoms with Crippen molar-refractivity contribution < 1.29 is 9.90 Å². The molecule has 12 heteroatoms. The summed E-state index contributed by atoms with van der Waals surface area (Å²) in [4.78, 5) is 38.9. The zero-order valence-corrected chi connectivity index (χ0v) is 15.9. The molecule has 8 N–H and O–H groups in total. The number of anilines is 1. The molecule has 0 aliphatic heterocycles. The third-order valence-corrected chi connectivity index (χ3v) is 3.51. The topological polar surface area (TPSA) is 195 Å². The number of aryl methyl sites for hydroxylation is 1. The average molecular weight is 381 g/mol. The van der Waals surface area contributed by atoms with Gasteiger partial charge < -0.3 is 32.2 Å². The first-order valence-corrected chi connectivity index (χ1v) is 8.19. The van der Waals surface area contributed by atoms with Crippen molar-refractivity contribution in [2.45, 2.75) is 25.8 Å². The summed E-state index contributed by atoms with van der Waals surface area (Å²) in [6.07, 6.45) is 0.956. The first kappa shape index (κ1) is 21.9. The highest BCUT2D eigenvalue weighted by Gasteiger charge is 2.12. The minimum atomic E-state index is -1.00. The van der Waals surface area contributed by atoms with Crippen molar-refractivity contribution >= 4 is 29.0 Å². The van der Waals surface area contributed by atoms with Gasteiger partial charge in [0.25, 0.3) is 5.56 Å². The fourth-order valence-electron chi connectivity index (χ4n) is 2.18. The number of fused-ring (bicyclic) bond motifs is 1. The quantitative estimate of drug-likeness (QED) is 0.224. The molecule has 1 unspecified atom stereocenters. The van der Waals surface area contributed by atoms with Gasteiger partial charge in [-0.3, -0.25) is 19.1 Å². The number of aromatic nitrogens is 4. The maximum Gasteiger partial charge on any atom is 0.320 e. The van der Waals surface area contributed by atoms with Crippen LogP contribution in [-0.4, -0.2) is 63.2 Å². The van der Waals surface area contributed by atoms with Gasteiger partial charge in [-0.15, -0.1) is 0 Å². The predicted molar refractivity (Wildman–Crippen MR) is 104 cm³/mol. The molecule has 1 atom stereocenters. The van der Waals surface area contributed by atoms with Crippen LogP contribution in [0.25, 0.3) is 11.2 Å². The number of imidazole rings is 1. The van der Waals surface area contributed by atoms with Crippen LogP contribution in [0.2, 0.25) is 0 Å². The van der Waals surface area contributed by atoms with Crippen molar-refractivity contribution in [2.24, 2.45) is 29.2 Å². The van der Waals surface area contributed by atoms with Gasteiger partial charge in [-0.1, -0.05) is 0 Å². The van der Waals surface area contributed by atoms with Crippen LogP contribution >= 0.6 is 0 Å². The van der Waals surface area contributed by atoms with Gasteiger partial charge in [0.2, 0.25) is 5.95 Å². The number of carbonyl (C=O) groups is 1. The molecular formula is C15H27N9O3. The molecule has 0 aliphatic carbocycles. The Morgan fingerprint density at radius 1 is 1.37 bits per heavy atom. The molecule has 12 nitrogen and oxygen atoms in total. The van der Waals surface area contributed by atoms with E-state index < -0.39 is 12.0 Å². The lowest BCUT2D eigenvalue weighted by atomic mass is 10.2. The van der Waals surface area contributed by atoms with Crippen molar-refractivity contribution in [1.82, 2.24) is 19.5 Å². The Labute approximate surface area is 156 Å². The van der Waals surface area contributed by atoms with E-state index in [0.717, 1.165) is 0 Å². The molecule has 2 rings (SSSR count). The standard InChI is InChI=1S/C9H13N5O.C6H14N4O2/c1-5-10-6-7(11-5)12-9(13(2)3)14(4)8(6)15;7-4(5(11)12)2-1-3-10-6(8)9/h1-4H3,(H,10,11);4H,1-3,7H2,(H,11,12)(H4,8,9,10). The Morgan fingerprint density at radius 3 is 2.52 bits per heavy atom. The first-order valence-electron chi connectivity index (χ1n) is 8.19. The molecule has 0 radical (unpaired) electrons. The molecule has 0 aliphatic rings. The van der Waals surface area contributed by atoms with Crippen molar-refractivity contribution in [3.8, 4) is 0 Å². The number of aromatic amines is 1. The molecule has 0 saturated carbocycles. The summed E-state index contributed by atoms with van der Waals surface area (Å²) in [5.41, 5.74) is 16.1. The summed E-state index contributed by atoms with van der Waals surface area (Å²) in [7, 11) is 5.38. The molecular weight excluding hydrogens is 354 g/mol. The molecule has 0 spiro atoms. The van der Waals surface area contributed by atoms with Crippen molar-refractivity contribution in [2.75, 3.05) is 25.5 Å². The van der Waals surface area contributed by atoms with Gasteiger partial charge in [0, 0.05) is 27.7 Å². The van der Waals surface area contributed by atoms with Gasteiger partial charge in [-0.25, -0.2) is 4.98 Å². The van der Waals surface area contributed by atoms with Gasteiger partial charge in [-0.2, -0.15) is 4.98 Å². The Kier molecular flexibility index (Phi) is 7.72. The van der Waals surface area contributed by atoms with Crippen molar-refractivity contribution in [1.29, 1.82) is 0 Å². The van der Waals surface area contributed by atoms with Gasteiger partial charge in [-0.05, 0) is 19.8 Å². The molecule has 2 aromatic rings. The van der Waals surface area contributed by atoms with Crippen LogP contribution in [0.1, 0.15) is 18.7 Å². The largest absolute Gasteiger partial charge is 0.480 e. The normalized spacial score (nSPS) is 11.4. The highest BCUT2D eigenvalue weighted by molar-refractivity contribution is 5.75. The van der Waals surface area contributed by atoms with E-state index in [2.05, 4.69) is 19.9 Å². The smallest absolute Gasteiger partial charge is 0.320 e. The summed E-state index contributed by atoms with van der Waals surface area (Å²) < 4.78 is 1.50. The number of aliphatic imine (C=N–C) groups is 1. The maximum atomic E-state index is 11.9. The third kappa shape index (κ3) is 6.26. The number of nitrogens with zero attached hydrogens (tertiary/aromatic N) is 5. The lowest BCUT2D eigenvalue weighted by Gasteiger charge is -2.14. The van der Waals surface area contributed by atoms with E-state index in [-0.39, 0.29) is 11.5 Å². The SMILES string of the molecule is Cc1nc2nc(N(C)C)n(C)c(=O)c2[nH]1.NC(N)=NCCCC(N)C(=O)O.